The summed E-state index contributed by atoms with van der Waals surface area (Å²) in [5.41, 5.74) is 0.629. The van der Waals surface area contributed by atoms with Gasteiger partial charge in [-0.05, 0) is 48.4 Å². The fourth-order valence-electron chi connectivity index (χ4n) is 2.75. The molecule has 3 heterocycles. The van der Waals surface area contributed by atoms with Gasteiger partial charge < -0.3 is 10.2 Å². The largest absolute Gasteiger partial charge is 0.339 e. The number of hydrogen-bond acceptors (Lipinski definition) is 4. The molecule has 1 saturated heterocycles. The van der Waals surface area contributed by atoms with Gasteiger partial charge in [-0.25, -0.2) is 4.79 Å². The lowest BCUT2D eigenvalue weighted by Crippen LogP contribution is -2.42. The summed E-state index contributed by atoms with van der Waals surface area (Å²) < 4.78 is 0. The summed E-state index contributed by atoms with van der Waals surface area (Å²) in [6.45, 7) is 2.06. The maximum atomic E-state index is 12.4. The van der Waals surface area contributed by atoms with Crippen molar-refractivity contribution in [1.82, 2.24) is 15.2 Å². The first-order valence-electron chi connectivity index (χ1n) is 8.00. The molecule has 3 amide bonds. The number of rotatable bonds is 4. The summed E-state index contributed by atoms with van der Waals surface area (Å²) in [5, 5.41) is 8.48. The van der Waals surface area contributed by atoms with E-state index in [0.29, 0.717) is 31.1 Å². The maximum absolute atomic E-state index is 12.4. The van der Waals surface area contributed by atoms with Crippen LogP contribution in [0.1, 0.15) is 23.2 Å². The lowest BCUT2D eigenvalue weighted by Gasteiger charge is -2.32. The first-order chi connectivity index (χ1) is 11.7. The molecule has 2 aromatic heterocycles. The second-order valence-electron chi connectivity index (χ2n) is 5.79. The van der Waals surface area contributed by atoms with Gasteiger partial charge in [-0.3, -0.25) is 15.1 Å². The van der Waals surface area contributed by atoms with Crippen LogP contribution in [0.5, 0.6) is 0 Å². The number of likely N-dealkylation sites (tertiary alicyclic amines) is 1. The van der Waals surface area contributed by atoms with Crippen LogP contribution in [-0.4, -0.2) is 41.5 Å². The van der Waals surface area contributed by atoms with E-state index >= 15 is 0 Å². The SMILES string of the molecule is O=C(NCC1CCN(C(=O)c2cccnc2)CC1)Nc1cccs1. The van der Waals surface area contributed by atoms with Gasteiger partial charge in [-0.2, -0.15) is 0 Å². The molecule has 0 unspecified atom stereocenters. The molecule has 2 N–H and O–H groups in total. The minimum Gasteiger partial charge on any atom is -0.339 e. The standard InChI is InChI=1S/C17H20N4O2S/c22-16(14-3-1-7-18-12-14)21-8-5-13(6-9-21)11-19-17(23)20-15-4-2-10-24-15/h1-4,7,10,12-13H,5-6,8-9,11H2,(H2,19,20,23). The molecule has 3 rings (SSSR count). The molecule has 1 aliphatic heterocycles. The van der Waals surface area contributed by atoms with Crippen molar-refractivity contribution in [1.29, 1.82) is 0 Å². The van der Waals surface area contributed by atoms with E-state index < -0.39 is 0 Å². The fraction of sp³-hybridized carbons (Fsp3) is 0.353. The van der Waals surface area contributed by atoms with E-state index in [2.05, 4.69) is 15.6 Å². The van der Waals surface area contributed by atoms with E-state index in [9.17, 15) is 9.59 Å². The molecule has 0 spiro atoms. The molecule has 0 aliphatic carbocycles. The highest BCUT2D eigenvalue weighted by atomic mass is 32.1. The topological polar surface area (TPSA) is 74.3 Å². The lowest BCUT2D eigenvalue weighted by molar-refractivity contribution is 0.0690. The van der Waals surface area contributed by atoms with Crippen molar-refractivity contribution in [2.24, 2.45) is 5.92 Å². The summed E-state index contributed by atoms with van der Waals surface area (Å²) >= 11 is 1.49. The number of amides is 3. The van der Waals surface area contributed by atoms with Crippen LogP contribution in [0, 0.1) is 5.92 Å². The zero-order valence-electron chi connectivity index (χ0n) is 13.3. The Morgan fingerprint density at radius 2 is 2.08 bits per heavy atom. The number of piperidine rings is 1. The number of nitrogens with one attached hydrogen (secondary N) is 2. The van der Waals surface area contributed by atoms with Crippen molar-refractivity contribution >= 4 is 28.3 Å². The summed E-state index contributed by atoms with van der Waals surface area (Å²) in [5.74, 6) is 0.432. The second kappa shape index (κ2) is 7.92. The van der Waals surface area contributed by atoms with Crippen LogP contribution in [-0.2, 0) is 0 Å². The van der Waals surface area contributed by atoms with Crippen molar-refractivity contribution in [2.75, 3.05) is 25.0 Å². The first-order valence-corrected chi connectivity index (χ1v) is 8.88. The van der Waals surface area contributed by atoms with Gasteiger partial charge in [-0.1, -0.05) is 0 Å². The predicted molar refractivity (Wildman–Crippen MR) is 94.2 cm³/mol. The number of urea groups is 1. The molecule has 6 nitrogen and oxygen atoms in total. The number of carbonyl (C=O) groups is 2. The summed E-state index contributed by atoms with van der Waals surface area (Å²) in [7, 11) is 0. The van der Waals surface area contributed by atoms with Gasteiger partial charge in [0.25, 0.3) is 5.91 Å². The number of nitrogens with zero attached hydrogens (tertiary/aromatic N) is 2. The van der Waals surface area contributed by atoms with E-state index in [1.165, 1.54) is 11.3 Å². The molecule has 0 radical (unpaired) electrons. The van der Waals surface area contributed by atoms with E-state index in [1.54, 1.807) is 24.5 Å². The van der Waals surface area contributed by atoms with E-state index in [1.807, 2.05) is 22.4 Å². The summed E-state index contributed by atoms with van der Waals surface area (Å²) in [6, 6.07) is 7.15. The zero-order valence-corrected chi connectivity index (χ0v) is 14.1. The monoisotopic (exact) mass is 344 g/mol. The Balaban J connectivity index is 1.40. The normalized spacial score (nSPS) is 15.1. The predicted octanol–water partition coefficient (Wildman–Crippen LogP) is 2.82. The third-order valence-corrected chi connectivity index (χ3v) is 4.90. The highest BCUT2D eigenvalue weighted by Crippen LogP contribution is 2.19. The van der Waals surface area contributed by atoms with Crippen molar-refractivity contribution in [2.45, 2.75) is 12.8 Å². The van der Waals surface area contributed by atoms with Crippen molar-refractivity contribution in [3.05, 3.63) is 47.6 Å². The van der Waals surface area contributed by atoms with Gasteiger partial charge in [-0.15, -0.1) is 11.3 Å². The maximum Gasteiger partial charge on any atom is 0.319 e. The van der Waals surface area contributed by atoms with E-state index in [4.69, 9.17) is 0 Å². The average molecular weight is 344 g/mol. The quantitative estimate of drug-likeness (QED) is 0.896. The fourth-order valence-corrected chi connectivity index (χ4v) is 3.37. The van der Waals surface area contributed by atoms with Gasteiger partial charge in [0.05, 0.1) is 10.6 Å². The highest BCUT2D eigenvalue weighted by Gasteiger charge is 2.23. The number of thiophene rings is 1. The zero-order chi connectivity index (χ0) is 16.8. The van der Waals surface area contributed by atoms with Crippen molar-refractivity contribution in [3.63, 3.8) is 0 Å². The Morgan fingerprint density at radius 1 is 1.25 bits per heavy atom. The van der Waals surface area contributed by atoms with Crippen molar-refractivity contribution < 1.29 is 9.59 Å². The third kappa shape index (κ3) is 4.32. The second-order valence-corrected chi connectivity index (χ2v) is 6.74. The Morgan fingerprint density at radius 3 is 2.75 bits per heavy atom. The molecular formula is C17H20N4O2S. The van der Waals surface area contributed by atoms with Crippen LogP contribution in [0.25, 0.3) is 0 Å². The molecule has 0 bridgehead atoms. The molecule has 2 aromatic rings. The minimum absolute atomic E-state index is 0.0324. The Hall–Kier alpha value is -2.41. The van der Waals surface area contributed by atoms with Crippen LogP contribution in [0.4, 0.5) is 9.80 Å². The van der Waals surface area contributed by atoms with Gasteiger partial charge in [0.1, 0.15) is 0 Å². The van der Waals surface area contributed by atoms with Crippen LogP contribution in [0.2, 0.25) is 0 Å². The van der Waals surface area contributed by atoms with E-state index in [0.717, 1.165) is 17.8 Å². The van der Waals surface area contributed by atoms with E-state index in [-0.39, 0.29) is 11.9 Å². The molecule has 24 heavy (non-hydrogen) atoms. The average Bonchev–Trinajstić information content (AvgIpc) is 3.13. The number of aromatic nitrogens is 1. The molecular weight excluding hydrogens is 324 g/mol. The molecule has 1 fully saturated rings. The molecule has 0 aromatic carbocycles. The Kier molecular flexibility index (Phi) is 5.43. The van der Waals surface area contributed by atoms with Gasteiger partial charge in [0, 0.05) is 32.0 Å². The van der Waals surface area contributed by atoms with Gasteiger partial charge in [0.15, 0.2) is 0 Å². The van der Waals surface area contributed by atoms with Crippen LogP contribution < -0.4 is 10.6 Å². The number of anilines is 1. The third-order valence-electron chi connectivity index (χ3n) is 4.12. The summed E-state index contributed by atoms with van der Waals surface area (Å²) in [4.78, 5) is 30.0. The number of carbonyl (C=O) groups excluding carboxylic acids is 2. The number of hydrogen-bond donors (Lipinski definition) is 2. The molecule has 0 atom stereocenters. The van der Waals surface area contributed by atoms with Crippen molar-refractivity contribution in [3.8, 4) is 0 Å². The molecule has 7 heteroatoms. The van der Waals surface area contributed by atoms with Crippen LogP contribution in [0.15, 0.2) is 42.0 Å². The molecule has 0 saturated carbocycles. The molecule has 126 valence electrons. The summed E-state index contributed by atoms with van der Waals surface area (Å²) in [6.07, 6.45) is 5.05. The smallest absolute Gasteiger partial charge is 0.319 e. The first kappa shape index (κ1) is 16.4. The highest BCUT2D eigenvalue weighted by molar-refractivity contribution is 7.14. The lowest BCUT2D eigenvalue weighted by atomic mass is 9.96. The Labute approximate surface area is 144 Å². The van der Waals surface area contributed by atoms with Gasteiger partial charge in [0.2, 0.25) is 0 Å². The van der Waals surface area contributed by atoms with Crippen LogP contribution in [0.3, 0.4) is 0 Å². The number of pyridine rings is 1. The Bertz CT molecular complexity index is 667. The minimum atomic E-state index is -0.175. The molecule has 1 aliphatic rings. The van der Waals surface area contributed by atoms with Crippen LogP contribution >= 0.6 is 11.3 Å². The van der Waals surface area contributed by atoms with Gasteiger partial charge >= 0.3 is 6.03 Å².